The highest BCUT2D eigenvalue weighted by atomic mass is 28.3. The van der Waals surface area contributed by atoms with E-state index in [0.29, 0.717) is 0 Å². The first-order chi connectivity index (χ1) is 5.79. The van der Waals surface area contributed by atoms with Gasteiger partial charge in [-0.25, -0.2) is 0 Å². The Balaban J connectivity index is 2.06. The van der Waals surface area contributed by atoms with Crippen molar-refractivity contribution in [3.63, 3.8) is 0 Å². The van der Waals surface area contributed by atoms with Crippen LogP contribution in [0.4, 0.5) is 0 Å². The van der Waals surface area contributed by atoms with Crippen LogP contribution in [0.5, 0.6) is 0 Å². The number of hydrogen-bond acceptors (Lipinski definition) is 1. The summed E-state index contributed by atoms with van der Waals surface area (Å²) in [5.41, 5.74) is 0. The summed E-state index contributed by atoms with van der Waals surface area (Å²) in [7, 11) is -0.708. The minimum Gasteiger partial charge on any atom is -0.303 e. The zero-order chi connectivity index (χ0) is 8.44. The summed E-state index contributed by atoms with van der Waals surface area (Å²) in [6.07, 6.45) is 4.51. The second-order valence-electron chi connectivity index (χ2n) is 4.96. The predicted octanol–water partition coefficient (Wildman–Crippen LogP) is 2.56. The van der Waals surface area contributed by atoms with E-state index in [0.717, 1.165) is 0 Å². The van der Waals surface area contributed by atoms with Gasteiger partial charge in [0.1, 0.15) is 0 Å². The van der Waals surface area contributed by atoms with E-state index in [-0.39, 0.29) is 0 Å². The fourth-order valence-electron chi connectivity index (χ4n) is 2.90. The lowest BCUT2D eigenvalue weighted by molar-refractivity contribution is 0.263. The fourth-order valence-corrected chi connectivity index (χ4v) is 6.68. The molecular formula is C10H21NSi. The van der Waals surface area contributed by atoms with Gasteiger partial charge in [0.05, 0.1) is 8.07 Å². The maximum absolute atomic E-state index is 2.69. The molecule has 0 unspecified atom stereocenters. The lowest BCUT2D eigenvalue weighted by Gasteiger charge is -2.37. The maximum atomic E-state index is 2.69. The lowest BCUT2D eigenvalue weighted by atomic mass is 10.3. The Morgan fingerprint density at radius 3 is 1.67 bits per heavy atom. The smallest absolute Gasteiger partial charge is 0.0506 e. The summed E-state index contributed by atoms with van der Waals surface area (Å²) >= 11 is 0. The quantitative estimate of drug-likeness (QED) is 0.522. The topological polar surface area (TPSA) is 3.24 Å². The molecule has 0 saturated carbocycles. The minimum absolute atomic E-state index is 0.708. The first-order valence-electron chi connectivity index (χ1n) is 5.51. The van der Waals surface area contributed by atoms with Gasteiger partial charge in [0, 0.05) is 0 Å². The van der Waals surface area contributed by atoms with Crippen LogP contribution < -0.4 is 0 Å². The Hall–Kier alpha value is 0.177. The molecule has 1 nitrogen and oxygen atoms in total. The van der Waals surface area contributed by atoms with Gasteiger partial charge in [-0.15, -0.1) is 0 Å². The molecule has 70 valence electrons. The summed E-state index contributed by atoms with van der Waals surface area (Å²) < 4.78 is 0. The SMILES string of the molecule is C[Si]12CCCN(CCC1)CCC2. The third kappa shape index (κ3) is 1.91. The van der Waals surface area contributed by atoms with Crippen molar-refractivity contribution in [2.45, 2.75) is 43.9 Å². The summed E-state index contributed by atoms with van der Waals surface area (Å²) in [5, 5.41) is 0. The van der Waals surface area contributed by atoms with E-state index in [4.69, 9.17) is 0 Å². The Morgan fingerprint density at radius 1 is 0.833 bits per heavy atom. The molecule has 3 fully saturated rings. The molecule has 12 heavy (non-hydrogen) atoms. The van der Waals surface area contributed by atoms with Crippen LogP contribution in [0.3, 0.4) is 0 Å². The van der Waals surface area contributed by atoms with Gasteiger partial charge in [-0.1, -0.05) is 24.7 Å². The van der Waals surface area contributed by atoms with Crippen molar-refractivity contribution in [2.75, 3.05) is 19.6 Å². The molecule has 0 spiro atoms. The molecule has 2 bridgehead atoms. The van der Waals surface area contributed by atoms with E-state index in [1.807, 2.05) is 0 Å². The van der Waals surface area contributed by atoms with Crippen molar-refractivity contribution in [3.05, 3.63) is 0 Å². The Bertz CT molecular complexity index is 131. The molecule has 0 aliphatic carbocycles. The first kappa shape index (κ1) is 8.76. The second kappa shape index (κ2) is 3.50. The van der Waals surface area contributed by atoms with Gasteiger partial charge < -0.3 is 4.90 Å². The molecule has 0 radical (unpaired) electrons. The Morgan fingerprint density at radius 2 is 1.25 bits per heavy atom. The van der Waals surface area contributed by atoms with E-state index in [2.05, 4.69) is 11.4 Å². The minimum atomic E-state index is -0.708. The molecule has 0 atom stereocenters. The fraction of sp³-hybridized carbons (Fsp3) is 1.00. The summed E-state index contributed by atoms with van der Waals surface area (Å²) in [6.45, 7) is 6.86. The molecule has 3 rings (SSSR count). The monoisotopic (exact) mass is 183 g/mol. The van der Waals surface area contributed by atoms with Crippen LogP contribution in [-0.2, 0) is 0 Å². The number of hydrogen-bond donors (Lipinski definition) is 0. The zero-order valence-electron chi connectivity index (χ0n) is 8.31. The van der Waals surface area contributed by atoms with Gasteiger partial charge in [0.15, 0.2) is 0 Å². The van der Waals surface area contributed by atoms with E-state index < -0.39 is 8.07 Å². The summed E-state index contributed by atoms with van der Waals surface area (Å²) in [6, 6.07) is 4.84. The number of rotatable bonds is 0. The van der Waals surface area contributed by atoms with Gasteiger partial charge in [-0.2, -0.15) is 0 Å². The molecule has 3 aliphatic rings. The molecule has 0 aromatic heterocycles. The largest absolute Gasteiger partial charge is 0.303 e. The molecule has 0 N–H and O–H groups in total. The Kier molecular flexibility index (Phi) is 2.56. The third-order valence-electron chi connectivity index (χ3n) is 3.76. The third-order valence-corrected chi connectivity index (χ3v) is 8.45. The highest BCUT2D eigenvalue weighted by Crippen LogP contribution is 2.30. The van der Waals surface area contributed by atoms with E-state index in [1.165, 1.54) is 38.9 Å². The normalized spacial score (nSPS) is 43.2. The summed E-state index contributed by atoms with van der Waals surface area (Å²) in [5.74, 6) is 0. The van der Waals surface area contributed by atoms with Gasteiger partial charge in [-0.05, 0) is 38.9 Å². The standard InChI is InChI=1S/C10H21NSi/c1-12-8-2-5-11(6-3-9-12)7-4-10-12/h2-10H2,1H3. The number of fused-ring (bicyclic) bond motifs is 6. The number of nitrogens with zero attached hydrogens (tertiary/aromatic N) is 1. The molecule has 0 aromatic rings. The van der Waals surface area contributed by atoms with Crippen LogP contribution >= 0.6 is 0 Å². The van der Waals surface area contributed by atoms with E-state index in [1.54, 1.807) is 18.1 Å². The average Bonchev–Trinajstić information content (AvgIpc) is 1.93. The lowest BCUT2D eigenvalue weighted by Crippen LogP contribution is -2.41. The molecule has 3 aliphatic heterocycles. The molecule has 0 aromatic carbocycles. The van der Waals surface area contributed by atoms with E-state index >= 15 is 0 Å². The van der Waals surface area contributed by atoms with Crippen molar-refractivity contribution in [1.29, 1.82) is 0 Å². The molecule has 0 amide bonds. The van der Waals surface area contributed by atoms with Crippen LogP contribution in [0, 0.1) is 0 Å². The van der Waals surface area contributed by atoms with Crippen LogP contribution in [0.15, 0.2) is 0 Å². The van der Waals surface area contributed by atoms with Crippen molar-refractivity contribution in [1.82, 2.24) is 4.90 Å². The molecule has 3 heterocycles. The van der Waals surface area contributed by atoms with Crippen LogP contribution in [0.2, 0.25) is 24.7 Å². The van der Waals surface area contributed by atoms with Gasteiger partial charge in [-0.3, -0.25) is 0 Å². The first-order valence-corrected chi connectivity index (χ1v) is 8.63. The van der Waals surface area contributed by atoms with Crippen LogP contribution in [-0.4, -0.2) is 32.6 Å². The average molecular weight is 183 g/mol. The summed E-state index contributed by atoms with van der Waals surface area (Å²) in [4.78, 5) is 2.69. The van der Waals surface area contributed by atoms with Gasteiger partial charge >= 0.3 is 0 Å². The Labute approximate surface area is 77.2 Å². The molecule has 3 saturated heterocycles. The zero-order valence-corrected chi connectivity index (χ0v) is 9.31. The molecule has 2 heteroatoms. The second-order valence-corrected chi connectivity index (χ2v) is 10.1. The van der Waals surface area contributed by atoms with Crippen molar-refractivity contribution < 1.29 is 0 Å². The predicted molar refractivity (Wildman–Crippen MR) is 56.3 cm³/mol. The van der Waals surface area contributed by atoms with Crippen molar-refractivity contribution >= 4 is 8.07 Å². The molecular weight excluding hydrogens is 162 g/mol. The van der Waals surface area contributed by atoms with Gasteiger partial charge in [0.2, 0.25) is 0 Å². The van der Waals surface area contributed by atoms with E-state index in [9.17, 15) is 0 Å². The van der Waals surface area contributed by atoms with Crippen molar-refractivity contribution in [2.24, 2.45) is 0 Å². The van der Waals surface area contributed by atoms with Crippen LogP contribution in [0.1, 0.15) is 19.3 Å². The highest BCUT2D eigenvalue weighted by Gasteiger charge is 2.30. The maximum Gasteiger partial charge on any atom is 0.0506 e. The highest BCUT2D eigenvalue weighted by molar-refractivity contribution is 6.78. The van der Waals surface area contributed by atoms with Crippen molar-refractivity contribution in [3.8, 4) is 0 Å². The van der Waals surface area contributed by atoms with Gasteiger partial charge in [0.25, 0.3) is 0 Å². The van der Waals surface area contributed by atoms with Crippen LogP contribution in [0.25, 0.3) is 0 Å².